The smallest absolute Gasteiger partial charge is 0.319 e. The van der Waals surface area contributed by atoms with Crippen molar-refractivity contribution in [3.63, 3.8) is 0 Å². The molecule has 7 nitrogen and oxygen atoms in total. The number of alkyl halides is 2. The zero-order chi connectivity index (χ0) is 17.0. The molecular formula is C14H18F2N4O3. The third kappa shape index (κ3) is 3.92. The lowest BCUT2D eigenvalue weighted by atomic mass is 10.3. The van der Waals surface area contributed by atoms with Crippen molar-refractivity contribution in [2.24, 2.45) is 0 Å². The van der Waals surface area contributed by atoms with E-state index in [1.54, 1.807) is 7.11 Å². The number of nitrogens with zero attached hydrogens (tertiary/aromatic N) is 4. The van der Waals surface area contributed by atoms with Gasteiger partial charge in [0.15, 0.2) is 5.82 Å². The number of aromatic nitrogens is 3. The molecule has 2 heterocycles. The van der Waals surface area contributed by atoms with E-state index in [-0.39, 0.29) is 18.1 Å². The molecule has 1 amide bonds. The van der Waals surface area contributed by atoms with Crippen LogP contribution >= 0.6 is 0 Å². The number of carbonyl (C=O) groups excluding carboxylic acids is 1. The average molecular weight is 328 g/mol. The van der Waals surface area contributed by atoms with Gasteiger partial charge in [0.25, 0.3) is 5.91 Å². The van der Waals surface area contributed by atoms with Crippen LogP contribution in [0.3, 0.4) is 0 Å². The van der Waals surface area contributed by atoms with Crippen LogP contribution in [0.2, 0.25) is 0 Å². The minimum Gasteiger partial charge on any atom is -0.384 e. The highest BCUT2D eigenvalue weighted by molar-refractivity contribution is 5.92. The topological polar surface area (TPSA) is 73.4 Å². The first-order chi connectivity index (χ1) is 10.9. The second-order valence-corrected chi connectivity index (χ2v) is 5.02. The predicted octanol–water partition coefficient (Wildman–Crippen LogP) is 2.04. The van der Waals surface area contributed by atoms with E-state index in [0.29, 0.717) is 29.1 Å². The molecule has 2 rings (SSSR count). The summed E-state index contributed by atoms with van der Waals surface area (Å²) in [5.41, 5.74) is 0.232. The van der Waals surface area contributed by atoms with Crippen molar-refractivity contribution < 1.29 is 22.8 Å². The van der Waals surface area contributed by atoms with E-state index >= 15 is 0 Å². The van der Waals surface area contributed by atoms with Crippen LogP contribution in [-0.2, 0) is 17.7 Å². The minimum absolute atomic E-state index is 0.0340. The quantitative estimate of drug-likeness (QED) is 0.777. The third-order valence-electron chi connectivity index (χ3n) is 3.30. The largest absolute Gasteiger partial charge is 0.384 e. The van der Waals surface area contributed by atoms with Crippen LogP contribution in [0.15, 0.2) is 16.7 Å². The predicted molar refractivity (Wildman–Crippen MR) is 76.1 cm³/mol. The molecule has 0 radical (unpaired) electrons. The number of rotatable bonds is 7. The Hall–Kier alpha value is -2.29. The van der Waals surface area contributed by atoms with Gasteiger partial charge in [-0.3, -0.25) is 9.36 Å². The fraction of sp³-hybridized carbons (Fsp3) is 0.500. The molecule has 2 aromatic rings. The number of ether oxygens (including phenoxy) is 1. The summed E-state index contributed by atoms with van der Waals surface area (Å²) in [5.74, 6) is 0.156. The van der Waals surface area contributed by atoms with Gasteiger partial charge in [-0.05, 0) is 19.1 Å². The maximum absolute atomic E-state index is 13.0. The lowest BCUT2D eigenvalue weighted by molar-refractivity contribution is 0.0558. The van der Waals surface area contributed by atoms with Crippen molar-refractivity contribution in [3.8, 4) is 0 Å². The Labute approximate surface area is 131 Å². The number of methoxy groups -OCH3 is 1. The fourth-order valence-electron chi connectivity index (χ4n) is 2.10. The summed E-state index contributed by atoms with van der Waals surface area (Å²) < 4.78 is 36.7. The number of amides is 1. The summed E-state index contributed by atoms with van der Waals surface area (Å²) in [5, 5.41) is 3.76. The monoisotopic (exact) mass is 328 g/mol. The van der Waals surface area contributed by atoms with Gasteiger partial charge in [-0.2, -0.15) is 13.8 Å². The first-order valence-electron chi connectivity index (χ1n) is 6.96. The molecular weight excluding hydrogens is 310 g/mol. The standard InChI is InChI=1S/C14H18F2N4O3/c1-9-4-5-10(20(9)14(15)16)13(21)19(2)8-12-17-11(18-23-12)6-7-22-3/h4-5,14H,6-8H2,1-3H3. The summed E-state index contributed by atoms with van der Waals surface area (Å²) in [6, 6.07) is 2.85. The Bertz CT molecular complexity index is 669. The van der Waals surface area contributed by atoms with Crippen molar-refractivity contribution >= 4 is 5.91 Å². The molecule has 9 heteroatoms. The van der Waals surface area contributed by atoms with Gasteiger partial charge in [0.2, 0.25) is 5.89 Å². The van der Waals surface area contributed by atoms with Gasteiger partial charge in [0.1, 0.15) is 12.2 Å². The Balaban J connectivity index is 2.07. The number of hydrogen-bond donors (Lipinski definition) is 0. The molecule has 0 atom stereocenters. The maximum atomic E-state index is 13.0. The molecule has 126 valence electrons. The van der Waals surface area contributed by atoms with Gasteiger partial charge in [0, 0.05) is 26.3 Å². The van der Waals surface area contributed by atoms with E-state index < -0.39 is 12.5 Å². The second-order valence-electron chi connectivity index (χ2n) is 5.02. The zero-order valence-electron chi connectivity index (χ0n) is 13.1. The molecule has 0 unspecified atom stereocenters. The van der Waals surface area contributed by atoms with Gasteiger partial charge in [-0.1, -0.05) is 5.16 Å². The molecule has 2 aromatic heterocycles. The Kier molecular flexibility index (Phi) is 5.43. The Morgan fingerprint density at radius 3 is 2.87 bits per heavy atom. The lowest BCUT2D eigenvalue weighted by Crippen LogP contribution is -2.28. The molecule has 0 spiro atoms. The first-order valence-corrected chi connectivity index (χ1v) is 6.96. The molecule has 0 bridgehead atoms. The molecule has 0 aliphatic rings. The van der Waals surface area contributed by atoms with Crippen molar-refractivity contribution in [1.29, 1.82) is 0 Å². The molecule has 0 aliphatic carbocycles. The fourth-order valence-corrected chi connectivity index (χ4v) is 2.10. The van der Waals surface area contributed by atoms with E-state index in [1.165, 1.54) is 31.0 Å². The number of hydrogen-bond acceptors (Lipinski definition) is 5. The van der Waals surface area contributed by atoms with Crippen molar-refractivity contribution in [3.05, 3.63) is 35.2 Å². The highest BCUT2D eigenvalue weighted by atomic mass is 19.3. The summed E-state index contributed by atoms with van der Waals surface area (Å²) in [6.45, 7) is -0.772. The highest BCUT2D eigenvalue weighted by Crippen LogP contribution is 2.20. The summed E-state index contributed by atoms with van der Waals surface area (Å²) in [7, 11) is 3.05. The Morgan fingerprint density at radius 1 is 1.48 bits per heavy atom. The summed E-state index contributed by atoms with van der Waals surface area (Å²) in [4.78, 5) is 17.7. The van der Waals surface area contributed by atoms with E-state index in [4.69, 9.17) is 9.26 Å². The van der Waals surface area contributed by atoms with Crippen LogP contribution in [0.5, 0.6) is 0 Å². The SMILES string of the molecule is COCCc1noc(CN(C)C(=O)c2ccc(C)n2C(F)F)n1. The number of aryl methyl sites for hydroxylation is 1. The van der Waals surface area contributed by atoms with E-state index in [2.05, 4.69) is 10.1 Å². The molecule has 0 aliphatic heterocycles. The van der Waals surface area contributed by atoms with Gasteiger partial charge in [0.05, 0.1) is 6.61 Å². The van der Waals surface area contributed by atoms with Crippen molar-refractivity contribution in [1.82, 2.24) is 19.6 Å². The van der Waals surface area contributed by atoms with Crippen molar-refractivity contribution in [2.75, 3.05) is 20.8 Å². The summed E-state index contributed by atoms with van der Waals surface area (Å²) >= 11 is 0. The van der Waals surface area contributed by atoms with Crippen LogP contribution in [0.4, 0.5) is 8.78 Å². The van der Waals surface area contributed by atoms with E-state index in [9.17, 15) is 13.6 Å². The van der Waals surface area contributed by atoms with Crippen LogP contribution in [0.25, 0.3) is 0 Å². The van der Waals surface area contributed by atoms with Crippen LogP contribution in [-0.4, -0.2) is 46.3 Å². The third-order valence-corrected chi connectivity index (χ3v) is 3.30. The van der Waals surface area contributed by atoms with Gasteiger partial charge in [-0.15, -0.1) is 0 Å². The van der Waals surface area contributed by atoms with Gasteiger partial charge < -0.3 is 14.2 Å². The van der Waals surface area contributed by atoms with Gasteiger partial charge >= 0.3 is 6.55 Å². The van der Waals surface area contributed by atoms with Crippen LogP contribution < -0.4 is 0 Å². The summed E-state index contributed by atoms with van der Waals surface area (Å²) in [6.07, 6.45) is 0.491. The second kappa shape index (κ2) is 7.32. The maximum Gasteiger partial charge on any atom is 0.319 e. The highest BCUT2D eigenvalue weighted by Gasteiger charge is 2.23. The van der Waals surface area contributed by atoms with E-state index in [1.807, 2.05) is 0 Å². The average Bonchev–Trinajstić information content (AvgIpc) is 3.10. The Morgan fingerprint density at radius 2 is 2.22 bits per heavy atom. The van der Waals surface area contributed by atoms with Crippen molar-refractivity contribution in [2.45, 2.75) is 26.4 Å². The number of halogens is 2. The normalized spacial score (nSPS) is 11.2. The molecule has 0 N–H and O–H groups in total. The first kappa shape index (κ1) is 17.1. The zero-order valence-corrected chi connectivity index (χ0v) is 13.1. The van der Waals surface area contributed by atoms with Crippen LogP contribution in [0.1, 0.15) is 34.4 Å². The minimum atomic E-state index is -2.78. The molecule has 0 saturated heterocycles. The van der Waals surface area contributed by atoms with Gasteiger partial charge in [-0.25, -0.2) is 0 Å². The molecule has 0 saturated carbocycles. The van der Waals surface area contributed by atoms with Crippen LogP contribution in [0, 0.1) is 6.92 Å². The lowest BCUT2D eigenvalue weighted by Gasteiger charge is -2.17. The molecule has 23 heavy (non-hydrogen) atoms. The van der Waals surface area contributed by atoms with E-state index in [0.717, 1.165) is 0 Å². The number of carbonyl (C=O) groups is 1. The molecule has 0 aromatic carbocycles. The molecule has 0 fully saturated rings.